The van der Waals surface area contributed by atoms with Crippen LogP contribution in [-0.2, 0) is 0 Å². The van der Waals surface area contributed by atoms with Crippen LogP contribution in [0.15, 0.2) is 24.3 Å². The highest BCUT2D eigenvalue weighted by molar-refractivity contribution is 7.19. The standard InChI is InChI=1S/C18H20FN3S/c1-4-5-10-20-17-16-15(13-6-8-14(19)9-7-13)11(2)23-18(16)22-12(3)21-17/h6-9H,4-5,10H2,1-3H3,(H,20,21,22). The van der Waals surface area contributed by atoms with Crippen LogP contribution in [0.5, 0.6) is 0 Å². The maximum absolute atomic E-state index is 13.2. The van der Waals surface area contributed by atoms with Crippen LogP contribution in [0.2, 0.25) is 0 Å². The van der Waals surface area contributed by atoms with Gasteiger partial charge in [-0.2, -0.15) is 0 Å². The van der Waals surface area contributed by atoms with Gasteiger partial charge < -0.3 is 5.32 Å². The highest BCUT2D eigenvalue weighted by Gasteiger charge is 2.17. The van der Waals surface area contributed by atoms with Crippen molar-refractivity contribution >= 4 is 27.4 Å². The minimum atomic E-state index is -0.223. The zero-order valence-electron chi connectivity index (χ0n) is 13.6. The van der Waals surface area contributed by atoms with Crippen molar-refractivity contribution in [2.45, 2.75) is 33.6 Å². The Morgan fingerprint density at radius 3 is 2.57 bits per heavy atom. The van der Waals surface area contributed by atoms with Crippen LogP contribution in [0.4, 0.5) is 10.2 Å². The van der Waals surface area contributed by atoms with Crippen molar-refractivity contribution in [3.05, 3.63) is 40.8 Å². The minimum Gasteiger partial charge on any atom is -0.369 e. The maximum Gasteiger partial charge on any atom is 0.139 e. The number of rotatable bonds is 5. The van der Waals surface area contributed by atoms with E-state index in [1.807, 2.05) is 19.1 Å². The molecule has 0 aliphatic heterocycles. The molecule has 0 unspecified atom stereocenters. The summed E-state index contributed by atoms with van der Waals surface area (Å²) in [5.41, 5.74) is 2.10. The Bertz CT molecular complexity index is 824. The molecule has 120 valence electrons. The number of thiophene rings is 1. The summed E-state index contributed by atoms with van der Waals surface area (Å²) in [7, 11) is 0. The van der Waals surface area contributed by atoms with E-state index >= 15 is 0 Å². The zero-order valence-corrected chi connectivity index (χ0v) is 14.4. The number of anilines is 1. The Hall–Kier alpha value is -2.01. The molecule has 2 aromatic heterocycles. The summed E-state index contributed by atoms with van der Waals surface area (Å²) >= 11 is 1.66. The normalized spacial score (nSPS) is 11.1. The van der Waals surface area contributed by atoms with Gasteiger partial charge in [-0.1, -0.05) is 25.5 Å². The van der Waals surface area contributed by atoms with Gasteiger partial charge in [0.25, 0.3) is 0 Å². The van der Waals surface area contributed by atoms with E-state index in [-0.39, 0.29) is 5.82 Å². The van der Waals surface area contributed by atoms with E-state index in [0.717, 1.165) is 52.4 Å². The predicted molar refractivity (Wildman–Crippen MR) is 95.7 cm³/mol. The summed E-state index contributed by atoms with van der Waals surface area (Å²) in [4.78, 5) is 11.3. The molecule has 3 nitrogen and oxygen atoms in total. The zero-order chi connectivity index (χ0) is 16.4. The van der Waals surface area contributed by atoms with E-state index in [0.29, 0.717) is 0 Å². The number of aromatic nitrogens is 2. The third kappa shape index (κ3) is 3.20. The Labute approximate surface area is 139 Å². The molecule has 5 heteroatoms. The van der Waals surface area contributed by atoms with E-state index in [4.69, 9.17) is 0 Å². The molecule has 1 N–H and O–H groups in total. The Morgan fingerprint density at radius 1 is 1.13 bits per heavy atom. The largest absolute Gasteiger partial charge is 0.369 e. The highest BCUT2D eigenvalue weighted by Crippen LogP contribution is 2.40. The number of nitrogens with one attached hydrogen (secondary N) is 1. The Morgan fingerprint density at radius 2 is 1.87 bits per heavy atom. The number of hydrogen-bond donors (Lipinski definition) is 1. The molecule has 0 saturated heterocycles. The van der Waals surface area contributed by atoms with Crippen LogP contribution in [0.3, 0.4) is 0 Å². The van der Waals surface area contributed by atoms with Gasteiger partial charge in [-0.15, -0.1) is 11.3 Å². The van der Waals surface area contributed by atoms with Crippen molar-refractivity contribution in [3.8, 4) is 11.1 Å². The summed E-state index contributed by atoms with van der Waals surface area (Å²) in [6.07, 6.45) is 2.23. The summed E-state index contributed by atoms with van der Waals surface area (Å²) in [5, 5.41) is 4.49. The van der Waals surface area contributed by atoms with Gasteiger partial charge in [-0.05, 0) is 38.0 Å². The van der Waals surface area contributed by atoms with Gasteiger partial charge >= 0.3 is 0 Å². The Kier molecular flexibility index (Phi) is 4.57. The van der Waals surface area contributed by atoms with E-state index in [1.54, 1.807) is 11.3 Å². The lowest BCUT2D eigenvalue weighted by atomic mass is 10.0. The molecule has 0 amide bonds. The van der Waals surface area contributed by atoms with Crippen LogP contribution < -0.4 is 5.32 Å². The topological polar surface area (TPSA) is 37.8 Å². The number of aryl methyl sites for hydroxylation is 2. The summed E-state index contributed by atoms with van der Waals surface area (Å²) in [5.74, 6) is 1.42. The number of nitrogens with zero attached hydrogens (tertiary/aromatic N) is 2. The van der Waals surface area contributed by atoms with Gasteiger partial charge in [0.1, 0.15) is 22.3 Å². The highest BCUT2D eigenvalue weighted by atomic mass is 32.1. The minimum absolute atomic E-state index is 0.223. The number of halogens is 1. The van der Waals surface area contributed by atoms with Crippen molar-refractivity contribution in [1.82, 2.24) is 9.97 Å². The number of fused-ring (bicyclic) bond motifs is 1. The van der Waals surface area contributed by atoms with Gasteiger partial charge in [-0.25, -0.2) is 14.4 Å². The molecule has 23 heavy (non-hydrogen) atoms. The van der Waals surface area contributed by atoms with Crippen LogP contribution in [0.1, 0.15) is 30.5 Å². The molecule has 0 aliphatic rings. The predicted octanol–water partition coefficient (Wildman–Crippen LogP) is 5.33. The van der Waals surface area contributed by atoms with Gasteiger partial charge in [0, 0.05) is 17.0 Å². The van der Waals surface area contributed by atoms with Gasteiger partial charge in [0.15, 0.2) is 0 Å². The molecule has 3 rings (SSSR count). The fraction of sp³-hybridized carbons (Fsp3) is 0.333. The molecule has 0 aliphatic carbocycles. The quantitative estimate of drug-likeness (QED) is 0.643. The first-order valence-electron chi connectivity index (χ1n) is 7.87. The van der Waals surface area contributed by atoms with Gasteiger partial charge in [0.2, 0.25) is 0 Å². The third-order valence-electron chi connectivity index (χ3n) is 3.80. The lowest BCUT2D eigenvalue weighted by molar-refractivity contribution is 0.628. The van der Waals surface area contributed by atoms with E-state index in [1.165, 1.54) is 17.0 Å². The molecule has 0 saturated carbocycles. The van der Waals surface area contributed by atoms with Crippen LogP contribution in [0.25, 0.3) is 21.3 Å². The maximum atomic E-state index is 13.2. The van der Waals surface area contributed by atoms with Crippen molar-refractivity contribution in [2.75, 3.05) is 11.9 Å². The second kappa shape index (κ2) is 6.62. The van der Waals surface area contributed by atoms with Crippen LogP contribution in [-0.4, -0.2) is 16.5 Å². The molecule has 0 spiro atoms. The first-order chi connectivity index (χ1) is 11.1. The number of benzene rings is 1. The van der Waals surface area contributed by atoms with Crippen molar-refractivity contribution in [2.24, 2.45) is 0 Å². The third-order valence-corrected chi connectivity index (χ3v) is 4.79. The molecule has 0 radical (unpaired) electrons. The number of hydrogen-bond acceptors (Lipinski definition) is 4. The van der Waals surface area contributed by atoms with Crippen molar-refractivity contribution in [3.63, 3.8) is 0 Å². The Balaban J connectivity index is 2.16. The molecular weight excluding hydrogens is 309 g/mol. The molecule has 0 fully saturated rings. The average Bonchev–Trinajstić information content (AvgIpc) is 2.84. The second-order valence-electron chi connectivity index (χ2n) is 5.62. The van der Waals surface area contributed by atoms with Crippen molar-refractivity contribution in [1.29, 1.82) is 0 Å². The molecule has 1 aromatic carbocycles. The second-order valence-corrected chi connectivity index (χ2v) is 6.82. The first-order valence-corrected chi connectivity index (χ1v) is 8.69. The summed E-state index contributed by atoms with van der Waals surface area (Å²) in [6.45, 7) is 7.05. The smallest absolute Gasteiger partial charge is 0.139 e. The summed E-state index contributed by atoms with van der Waals surface area (Å²) < 4.78 is 13.2. The molecule has 0 bridgehead atoms. The lowest BCUT2D eigenvalue weighted by Crippen LogP contribution is -2.05. The fourth-order valence-electron chi connectivity index (χ4n) is 2.69. The SMILES string of the molecule is CCCCNc1nc(C)nc2sc(C)c(-c3ccc(F)cc3)c12. The molecule has 0 atom stereocenters. The van der Waals surface area contributed by atoms with Gasteiger partial charge in [0.05, 0.1) is 5.39 Å². The van der Waals surface area contributed by atoms with E-state index < -0.39 is 0 Å². The van der Waals surface area contributed by atoms with E-state index in [2.05, 4.69) is 29.1 Å². The lowest BCUT2D eigenvalue weighted by Gasteiger charge is -2.09. The van der Waals surface area contributed by atoms with Gasteiger partial charge in [-0.3, -0.25) is 0 Å². The van der Waals surface area contributed by atoms with Crippen LogP contribution in [0, 0.1) is 19.7 Å². The monoisotopic (exact) mass is 329 g/mol. The first kappa shape index (κ1) is 15.9. The summed E-state index contributed by atoms with van der Waals surface area (Å²) in [6, 6.07) is 6.63. The van der Waals surface area contributed by atoms with Crippen LogP contribution >= 0.6 is 11.3 Å². The van der Waals surface area contributed by atoms with Crippen molar-refractivity contribution < 1.29 is 4.39 Å². The molecular formula is C18H20FN3S. The molecule has 3 aromatic rings. The molecule has 2 heterocycles. The van der Waals surface area contributed by atoms with E-state index in [9.17, 15) is 4.39 Å². The fourth-order valence-corrected chi connectivity index (χ4v) is 3.78. The number of unbranched alkanes of at least 4 members (excludes halogenated alkanes) is 1. The average molecular weight is 329 g/mol.